The maximum absolute atomic E-state index is 5.86. The van der Waals surface area contributed by atoms with Crippen LogP contribution in [0.5, 0.6) is 0 Å². The number of fused-ring (bicyclic) bond motifs is 1. The zero-order chi connectivity index (χ0) is 13.9. The van der Waals surface area contributed by atoms with Gasteiger partial charge >= 0.3 is 0 Å². The van der Waals surface area contributed by atoms with Crippen LogP contribution in [-0.4, -0.2) is 28.3 Å². The molecular formula is C15H27N3O. The van der Waals surface area contributed by atoms with E-state index in [1.54, 1.807) is 0 Å². The maximum Gasteiger partial charge on any atom is 0.109 e. The lowest BCUT2D eigenvalue weighted by Crippen LogP contribution is -2.33. The van der Waals surface area contributed by atoms with Crippen LogP contribution in [0.25, 0.3) is 0 Å². The van der Waals surface area contributed by atoms with Gasteiger partial charge in [0.15, 0.2) is 0 Å². The third kappa shape index (κ3) is 3.37. The van der Waals surface area contributed by atoms with E-state index < -0.39 is 0 Å². The first-order chi connectivity index (χ1) is 9.07. The van der Waals surface area contributed by atoms with Crippen LogP contribution in [0.3, 0.4) is 0 Å². The van der Waals surface area contributed by atoms with E-state index in [-0.39, 0.29) is 5.60 Å². The van der Waals surface area contributed by atoms with Gasteiger partial charge < -0.3 is 14.6 Å². The summed E-state index contributed by atoms with van der Waals surface area (Å²) < 4.78 is 8.27. The van der Waals surface area contributed by atoms with Crippen molar-refractivity contribution in [3.05, 3.63) is 17.2 Å². The molecule has 1 aromatic rings. The van der Waals surface area contributed by atoms with E-state index in [9.17, 15) is 0 Å². The van der Waals surface area contributed by atoms with Gasteiger partial charge in [-0.3, -0.25) is 0 Å². The predicted molar refractivity (Wildman–Crippen MR) is 77.3 cm³/mol. The molecule has 1 aromatic heterocycles. The van der Waals surface area contributed by atoms with Crippen LogP contribution in [0.1, 0.15) is 51.3 Å². The molecule has 2 rings (SSSR count). The molecule has 0 saturated heterocycles. The number of ether oxygens (including phenoxy) is 1. The summed E-state index contributed by atoms with van der Waals surface area (Å²) in [6, 6.07) is 0. The van der Waals surface area contributed by atoms with Crippen LogP contribution in [0, 0.1) is 0 Å². The summed E-state index contributed by atoms with van der Waals surface area (Å²) in [6.07, 6.45) is 3.27. The summed E-state index contributed by atoms with van der Waals surface area (Å²) >= 11 is 0. The molecule has 0 fully saturated rings. The first-order valence-electron chi connectivity index (χ1n) is 7.49. The van der Waals surface area contributed by atoms with Gasteiger partial charge in [0.2, 0.25) is 0 Å². The average molecular weight is 265 g/mol. The first-order valence-corrected chi connectivity index (χ1v) is 7.49. The van der Waals surface area contributed by atoms with Crippen LogP contribution in [0.4, 0.5) is 0 Å². The van der Waals surface area contributed by atoms with E-state index in [4.69, 9.17) is 9.72 Å². The van der Waals surface area contributed by atoms with Crippen molar-refractivity contribution in [1.82, 2.24) is 14.9 Å². The Morgan fingerprint density at radius 2 is 2.16 bits per heavy atom. The average Bonchev–Trinajstić information content (AvgIpc) is 2.68. The highest BCUT2D eigenvalue weighted by Gasteiger charge is 2.25. The Morgan fingerprint density at radius 3 is 2.84 bits per heavy atom. The predicted octanol–water partition coefficient (Wildman–Crippen LogP) is 2.30. The van der Waals surface area contributed by atoms with Crippen molar-refractivity contribution in [2.24, 2.45) is 0 Å². The van der Waals surface area contributed by atoms with Gasteiger partial charge in [0.25, 0.3) is 0 Å². The van der Waals surface area contributed by atoms with E-state index in [0.717, 1.165) is 45.5 Å². The Morgan fingerprint density at radius 1 is 1.37 bits per heavy atom. The van der Waals surface area contributed by atoms with Crippen molar-refractivity contribution < 1.29 is 4.74 Å². The fraction of sp³-hybridized carbons (Fsp3) is 0.800. The van der Waals surface area contributed by atoms with Crippen molar-refractivity contribution in [3.8, 4) is 0 Å². The van der Waals surface area contributed by atoms with Gasteiger partial charge in [0.1, 0.15) is 5.82 Å². The van der Waals surface area contributed by atoms with E-state index in [1.807, 2.05) is 0 Å². The number of aryl methyl sites for hydroxylation is 1. The summed E-state index contributed by atoms with van der Waals surface area (Å²) in [7, 11) is 0. The van der Waals surface area contributed by atoms with E-state index >= 15 is 0 Å². The summed E-state index contributed by atoms with van der Waals surface area (Å²) in [6.45, 7) is 12.2. The first kappa shape index (κ1) is 14.5. The lowest BCUT2D eigenvalue weighted by Gasteiger charge is -2.28. The number of rotatable bonds is 6. The molecule has 0 radical (unpaired) electrons. The molecular weight excluding hydrogens is 238 g/mol. The van der Waals surface area contributed by atoms with Gasteiger partial charge in [0, 0.05) is 38.2 Å². The van der Waals surface area contributed by atoms with Gasteiger partial charge in [-0.1, -0.05) is 6.92 Å². The Bertz CT molecular complexity index is 423. The number of aromatic nitrogens is 2. The molecule has 0 amide bonds. The van der Waals surface area contributed by atoms with Crippen LogP contribution < -0.4 is 5.32 Å². The Labute approximate surface area is 116 Å². The Balaban J connectivity index is 2.28. The molecule has 4 nitrogen and oxygen atoms in total. The van der Waals surface area contributed by atoms with Gasteiger partial charge in [0.05, 0.1) is 17.8 Å². The second-order valence-electron chi connectivity index (χ2n) is 5.88. The largest absolute Gasteiger partial charge is 0.374 e. The third-order valence-electron chi connectivity index (χ3n) is 3.61. The summed E-state index contributed by atoms with van der Waals surface area (Å²) in [5, 5.41) is 3.40. The number of hydrogen-bond acceptors (Lipinski definition) is 3. The molecule has 1 aliphatic rings. The molecule has 1 N–H and O–H groups in total. The fourth-order valence-corrected chi connectivity index (χ4v) is 2.84. The number of nitrogens with one attached hydrogen (secondary N) is 1. The van der Waals surface area contributed by atoms with Crippen LogP contribution in [0.15, 0.2) is 0 Å². The second kappa shape index (κ2) is 6.06. The molecule has 0 aliphatic carbocycles. The molecule has 0 bridgehead atoms. The van der Waals surface area contributed by atoms with E-state index in [1.165, 1.54) is 17.2 Å². The zero-order valence-electron chi connectivity index (χ0n) is 12.8. The smallest absolute Gasteiger partial charge is 0.109 e. The van der Waals surface area contributed by atoms with E-state index in [0.29, 0.717) is 0 Å². The van der Waals surface area contributed by atoms with Gasteiger partial charge in [-0.25, -0.2) is 4.98 Å². The molecule has 0 spiro atoms. The third-order valence-corrected chi connectivity index (χ3v) is 3.61. The SMILES string of the molecule is CCCc1nc2c(n1CC(C)(C)OCC)CCNC2. The number of hydrogen-bond donors (Lipinski definition) is 1. The monoisotopic (exact) mass is 265 g/mol. The van der Waals surface area contributed by atoms with Crippen molar-refractivity contribution in [3.63, 3.8) is 0 Å². The minimum atomic E-state index is -0.128. The van der Waals surface area contributed by atoms with Gasteiger partial charge in [-0.05, 0) is 27.2 Å². The topological polar surface area (TPSA) is 39.1 Å². The molecule has 19 heavy (non-hydrogen) atoms. The molecule has 0 aromatic carbocycles. The van der Waals surface area contributed by atoms with Crippen LogP contribution in [0.2, 0.25) is 0 Å². The summed E-state index contributed by atoms with van der Waals surface area (Å²) in [4.78, 5) is 4.83. The van der Waals surface area contributed by atoms with Crippen molar-refractivity contribution >= 4 is 0 Å². The standard InChI is InChI=1S/C15H27N3O/c1-5-7-14-17-12-10-16-9-8-13(12)18(14)11-15(3,4)19-6-2/h16H,5-11H2,1-4H3. The van der Waals surface area contributed by atoms with Gasteiger partial charge in [-0.15, -0.1) is 0 Å². The summed E-state index contributed by atoms with van der Waals surface area (Å²) in [5.41, 5.74) is 2.52. The molecule has 0 saturated carbocycles. The van der Waals surface area contributed by atoms with E-state index in [2.05, 4.69) is 37.6 Å². The second-order valence-corrected chi connectivity index (χ2v) is 5.88. The lowest BCUT2D eigenvalue weighted by atomic mass is 10.1. The highest BCUT2D eigenvalue weighted by Crippen LogP contribution is 2.22. The van der Waals surface area contributed by atoms with Crippen molar-refractivity contribution in [2.45, 2.75) is 65.6 Å². The van der Waals surface area contributed by atoms with Crippen molar-refractivity contribution in [2.75, 3.05) is 13.2 Å². The quantitative estimate of drug-likeness (QED) is 0.858. The number of imidazole rings is 1. The minimum Gasteiger partial charge on any atom is -0.374 e. The molecule has 1 aliphatic heterocycles. The maximum atomic E-state index is 5.86. The fourth-order valence-electron chi connectivity index (χ4n) is 2.84. The highest BCUT2D eigenvalue weighted by atomic mass is 16.5. The zero-order valence-corrected chi connectivity index (χ0v) is 12.8. The molecule has 2 heterocycles. The lowest BCUT2D eigenvalue weighted by molar-refractivity contribution is -0.0234. The molecule has 0 atom stereocenters. The Kier molecular flexibility index (Phi) is 4.63. The highest BCUT2D eigenvalue weighted by molar-refractivity contribution is 5.21. The molecule has 0 unspecified atom stereocenters. The Hall–Kier alpha value is -0.870. The minimum absolute atomic E-state index is 0.128. The normalized spacial score (nSPS) is 15.6. The number of nitrogens with zero attached hydrogens (tertiary/aromatic N) is 2. The van der Waals surface area contributed by atoms with Crippen molar-refractivity contribution in [1.29, 1.82) is 0 Å². The van der Waals surface area contributed by atoms with Crippen LogP contribution >= 0.6 is 0 Å². The summed E-state index contributed by atoms with van der Waals surface area (Å²) in [5.74, 6) is 1.23. The molecule has 108 valence electrons. The van der Waals surface area contributed by atoms with Gasteiger partial charge in [-0.2, -0.15) is 0 Å². The van der Waals surface area contributed by atoms with Crippen LogP contribution in [-0.2, 0) is 30.7 Å². The molecule has 4 heteroatoms.